The molecule has 0 aliphatic rings. The molecule has 28 heavy (non-hydrogen) atoms. The second-order valence-corrected chi connectivity index (χ2v) is 6.42. The van der Waals surface area contributed by atoms with Gasteiger partial charge in [-0.05, 0) is 38.0 Å². The minimum absolute atomic E-state index is 0. The highest BCUT2D eigenvalue weighted by Gasteiger charge is 2.08. The van der Waals surface area contributed by atoms with Crippen LogP contribution < -0.4 is 15.4 Å². The van der Waals surface area contributed by atoms with Gasteiger partial charge in [0.25, 0.3) is 0 Å². The molecular formula is C22H29IN4O. The van der Waals surface area contributed by atoms with Crippen molar-refractivity contribution < 1.29 is 4.74 Å². The lowest BCUT2D eigenvalue weighted by Crippen LogP contribution is -2.38. The van der Waals surface area contributed by atoms with Crippen LogP contribution in [0.15, 0.2) is 53.5 Å². The van der Waals surface area contributed by atoms with E-state index < -0.39 is 0 Å². The number of aromatic amines is 1. The van der Waals surface area contributed by atoms with Crippen LogP contribution in [0.4, 0.5) is 0 Å². The summed E-state index contributed by atoms with van der Waals surface area (Å²) in [7, 11) is 1.79. The number of ether oxygens (including phenoxy) is 1. The van der Waals surface area contributed by atoms with Gasteiger partial charge in [-0.2, -0.15) is 0 Å². The molecule has 0 radical (unpaired) electrons. The molecule has 0 saturated heterocycles. The number of aryl methyl sites for hydroxylation is 1. The molecule has 1 heterocycles. The highest BCUT2D eigenvalue weighted by atomic mass is 127. The Balaban J connectivity index is 0.00000280. The molecule has 3 rings (SSSR count). The number of halogens is 1. The molecule has 0 amide bonds. The van der Waals surface area contributed by atoms with Crippen LogP contribution in [0.3, 0.4) is 0 Å². The van der Waals surface area contributed by atoms with E-state index in [9.17, 15) is 0 Å². The van der Waals surface area contributed by atoms with Crippen LogP contribution in [0.5, 0.6) is 5.75 Å². The highest BCUT2D eigenvalue weighted by molar-refractivity contribution is 14.0. The SMILES string of the molecule is CCOc1ccccc1CNC(=NC)NCCc1c(C)[nH]c2ccccc12.I. The van der Waals surface area contributed by atoms with E-state index in [1.54, 1.807) is 7.05 Å². The predicted molar refractivity (Wildman–Crippen MR) is 128 cm³/mol. The molecule has 0 bridgehead atoms. The molecule has 3 N–H and O–H groups in total. The average molecular weight is 492 g/mol. The van der Waals surface area contributed by atoms with E-state index in [2.05, 4.69) is 57.9 Å². The second kappa shape index (κ2) is 10.9. The van der Waals surface area contributed by atoms with Crippen molar-refractivity contribution in [1.82, 2.24) is 15.6 Å². The van der Waals surface area contributed by atoms with Crippen LogP contribution in [0.1, 0.15) is 23.7 Å². The lowest BCUT2D eigenvalue weighted by molar-refractivity contribution is 0.336. The molecule has 0 aliphatic heterocycles. The van der Waals surface area contributed by atoms with Crippen molar-refractivity contribution in [1.29, 1.82) is 0 Å². The number of benzene rings is 2. The number of aromatic nitrogens is 1. The van der Waals surface area contributed by atoms with E-state index in [4.69, 9.17) is 4.74 Å². The fourth-order valence-electron chi connectivity index (χ4n) is 3.31. The van der Waals surface area contributed by atoms with Crippen LogP contribution in [0, 0.1) is 6.92 Å². The van der Waals surface area contributed by atoms with Gasteiger partial charge in [-0.25, -0.2) is 0 Å². The molecule has 150 valence electrons. The summed E-state index contributed by atoms with van der Waals surface area (Å²) < 4.78 is 5.68. The molecule has 2 aromatic carbocycles. The van der Waals surface area contributed by atoms with Crippen LogP contribution in [-0.2, 0) is 13.0 Å². The molecule has 0 aliphatic carbocycles. The molecule has 3 aromatic rings. The number of rotatable bonds is 7. The molecule has 0 fully saturated rings. The number of para-hydroxylation sites is 2. The normalized spacial score (nSPS) is 11.2. The fraction of sp³-hybridized carbons (Fsp3) is 0.318. The summed E-state index contributed by atoms with van der Waals surface area (Å²) in [6.45, 7) is 6.27. The van der Waals surface area contributed by atoms with Gasteiger partial charge in [0.05, 0.1) is 6.61 Å². The zero-order chi connectivity index (χ0) is 19.1. The average Bonchev–Trinajstić information content (AvgIpc) is 3.01. The van der Waals surface area contributed by atoms with E-state index in [1.807, 2.05) is 25.1 Å². The number of nitrogens with one attached hydrogen (secondary N) is 3. The summed E-state index contributed by atoms with van der Waals surface area (Å²) in [5.74, 6) is 1.70. The third kappa shape index (κ3) is 5.41. The van der Waals surface area contributed by atoms with Crippen LogP contribution >= 0.6 is 24.0 Å². The van der Waals surface area contributed by atoms with Gasteiger partial charge in [-0.3, -0.25) is 4.99 Å². The van der Waals surface area contributed by atoms with Crippen molar-refractivity contribution in [2.45, 2.75) is 26.8 Å². The maximum Gasteiger partial charge on any atom is 0.191 e. The van der Waals surface area contributed by atoms with Crippen molar-refractivity contribution in [2.75, 3.05) is 20.2 Å². The lowest BCUT2D eigenvalue weighted by atomic mass is 10.1. The molecule has 0 spiro atoms. The topological polar surface area (TPSA) is 61.4 Å². The first-order valence-corrected chi connectivity index (χ1v) is 9.44. The van der Waals surface area contributed by atoms with Crippen molar-refractivity contribution in [3.8, 4) is 5.75 Å². The first kappa shape index (κ1) is 22.1. The van der Waals surface area contributed by atoms with Gasteiger partial charge in [0, 0.05) is 42.3 Å². The first-order chi connectivity index (χ1) is 13.2. The molecule has 1 aromatic heterocycles. The zero-order valence-corrected chi connectivity index (χ0v) is 19.0. The molecule has 5 nitrogen and oxygen atoms in total. The number of aliphatic imine (C=N–C) groups is 1. The highest BCUT2D eigenvalue weighted by Crippen LogP contribution is 2.22. The number of nitrogens with zero attached hydrogens (tertiary/aromatic N) is 1. The molecular weight excluding hydrogens is 463 g/mol. The summed E-state index contributed by atoms with van der Waals surface area (Å²) in [6.07, 6.45) is 0.937. The zero-order valence-electron chi connectivity index (χ0n) is 16.7. The Bertz CT molecular complexity index is 920. The molecule has 0 saturated carbocycles. The van der Waals surface area contributed by atoms with E-state index in [1.165, 1.54) is 22.2 Å². The Kier molecular flexibility index (Phi) is 8.63. The lowest BCUT2D eigenvalue weighted by Gasteiger charge is -2.14. The van der Waals surface area contributed by atoms with Crippen LogP contribution in [0.2, 0.25) is 0 Å². The first-order valence-electron chi connectivity index (χ1n) is 9.44. The van der Waals surface area contributed by atoms with E-state index in [-0.39, 0.29) is 24.0 Å². The number of guanidine groups is 1. The third-order valence-electron chi connectivity index (χ3n) is 4.64. The van der Waals surface area contributed by atoms with Gasteiger partial charge in [0.2, 0.25) is 0 Å². The minimum atomic E-state index is 0. The van der Waals surface area contributed by atoms with Crippen molar-refractivity contribution in [3.63, 3.8) is 0 Å². The van der Waals surface area contributed by atoms with Gasteiger partial charge in [0.1, 0.15) is 5.75 Å². The Labute approximate surface area is 184 Å². The maximum atomic E-state index is 5.68. The van der Waals surface area contributed by atoms with Gasteiger partial charge >= 0.3 is 0 Å². The Morgan fingerprint density at radius 1 is 1.07 bits per heavy atom. The van der Waals surface area contributed by atoms with Crippen molar-refractivity contribution >= 4 is 40.8 Å². The minimum Gasteiger partial charge on any atom is -0.494 e. The molecule has 6 heteroatoms. The number of hydrogen-bond acceptors (Lipinski definition) is 2. The fourth-order valence-corrected chi connectivity index (χ4v) is 3.31. The maximum absolute atomic E-state index is 5.68. The molecule has 0 atom stereocenters. The second-order valence-electron chi connectivity index (χ2n) is 6.42. The van der Waals surface area contributed by atoms with Crippen LogP contribution in [0.25, 0.3) is 10.9 Å². The van der Waals surface area contributed by atoms with Crippen LogP contribution in [-0.4, -0.2) is 31.1 Å². The Morgan fingerprint density at radius 3 is 2.61 bits per heavy atom. The quantitative estimate of drug-likeness (QED) is 0.260. The summed E-state index contributed by atoms with van der Waals surface area (Å²) in [6, 6.07) is 16.5. The summed E-state index contributed by atoms with van der Waals surface area (Å²) in [5.41, 5.74) is 4.90. The monoisotopic (exact) mass is 492 g/mol. The largest absolute Gasteiger partial charge is 0.494 e. The van der Waals surface area contributed by atoms with E-state index in [0.29, 0.717) is 13.2 Å². The number of H-pyrrole nitrogens is 1. The van der Waals surface area contributed by atoms with E-state index >= 15 is 0 Å². The van der Waals surface area contributed by atoms with Gasteiger partial charge in [0.15, 0.2) is 5.96 Å². The van der Waals surface area contributed by atoms with Gasteiger partial charge < -0.3 is 20.4 Å². The van der Waals surface area contributed by atoms with Gasteiger partial charge in [-0.15, -0.1) is 24.0 Å². The standard InChI is InChI=1S/C22H28N4O.HI/c1-4-27-21-12-8-5-9-17(21)15-25-22(23-3)24-14-13-18-16(2)26-20-11-7-6-10-19(18)20;/h5-12,26H,4,13-15H2,1-3H3,(H2,23,24,25);1H. The molecule has 0 unspecified atom stereocenters. The summed E-state index contributed by atoms with van der Waals surface area (Å²) in [4.78, 5) is 7.78. The Hall–Kier alpha value is -2.22. The van der Waals surface area contributed by atoms with Gasteiger partial charge in [-0.1, -0.05) is 36.4 Å². The number of fused-ring (bicyclic) bond motifs is 1. The van der Waals surface area contributed by atoms with Crippen molar-refractivity contribution in [3.05, 3.63) is 65.4 Å². The predicted octanol–water partition coefficient (Wildman–Crippen LogP) is 4.40. The smallest absolute Gasteiger partial charge is 0.191 e. The van der Waals surface area contributed by atoms with E-state index in [0.717, 1.165) is 30.2 Å². The third-order valence-corrected chi connectivity index (χ3v) is 4.64. The number of hydrogen-bond donors (Lipinski definition) is 3. The van der Waals surface area contributed by atoms with Crippen molar-refractivity contribution in [2.24, 2.45) is 4.99 Å². The summed E-state index contributed by atoms with van der Waals surface area (Å²) >= 11 is 0. The summed E-state index contributed by atoms with van der Waals surface area (Å²) in [5, 5.41) is 8.07. The Morgan fingerprint density at radius 2 is 1.82 bits per heavy atom.